The molecule has 0 atom stereocenters. The number of para-hydroxylation sites is 1. The van der Waals surface area contributed by atoms with Crippen LogP contribution in [0.3, 0.4) is 0 Å². The van der Waals surface area contributed by atoms with E-state index >= 15 is 35.1 Å². The van der Waals surface area contributed by atoms with Crippen LogP contribution in [0.4, 0.5) is 87.8 Å². The van der Waals surface area contributed by atoms with Gasteiger partial charge in [-0.3, -0.25) is 0 Å². The van der Waals surface area contributed by atoms with Crippen LogP contribution in [0.25, 0.3) is 0 Å². The molecule has 6 rings (SSSR count). The van der Waals surface area contributed by atoms with E-state index in [-0.39, 0.29) is 21.2 Å². The summed E-state index contributed by atoms with van der Waals surface area (Å²) >= 11 is -0.185. The second-order valence-electron chi connectivity index (χ2n) is 12.7. The molecule has 0 unspecified atom stereocenters. The Morgan fingerprint density at radius 1 is 0.359 bits per heavy atom. The highest BCUT2D eigenvalue weighted by atomic mass is 127. The molecule has 0 aromatic heterocycles. The zero-order chi connectivity index (χ0) is 47.7. The van der Waals surface area contributed by atoms with Crippen molar-refractivity contribution in [2.75, 3.05) is 19.8 Å². The lowest BCUT2D eigenvalue weighted by Crippen LogP contribution is -3.61. The molecule has 6 aromatic carbocycles. The second kappa shape index (κ2) is 19.7. The summed E-state index contributed by atoms with van der Waals surface area (Å²) in [5.41, 5.74) is -14.3. The second-order valence-corrected chi connectivity index (χ2v) is 15.6. The molecule has 0 amide bonds. The van der Waals surface area contributed by atoms with Gasteiger partial charge < -0.3 is 9.47 Å². The van der Waals surface area contributed by atoms with Crippen molar-refractivity contribution < 1.29 is 118 Å². The van der Waals surface area contributed by atoms with Gasteiger partial charge >= 0.3 is 21.2 Å². The van der Waals surface area contributed by atoms with Crippen LogP contribution in [0.5, 0.6) is 5.75 Å². The Morgan fingerprint density at radius 3 is 0.953 bits per heavy atom. The van der Waals surface area contributed by atoms with Gasteiger partial charge in [0.05, 0.1) is 6.61 Å². The molecular weight excluding hydrogens is 1030 g/mol. The highest BCUT2D eigenvalue weighted by Crippen LogP contribution is 2.30. The standard InChI is InChI=1S/C24BF20.C16H18IO2/c26-5-1(6(27)14(35)21(42)13(5)34)25(2-7(28)15(36)22(43)16(37)8(2)29,3-9(30)17(38)23(44)18(39)10(3)31)4-11(32)19(40)24(45)20(41)12(4)33;1-2-18-12-13-19-16-11-7-6-10-15(16)17-14-8-4-3-5-9-14/h;3-11H,2,12-13H2,1H3/q-1;+1. The van der Waals surface area contributed by atoms with Crippen LogP contribution in [0.15, 0.2) is 54.6 Å². The van der Waals surface area contributed by atoms with E-state index in [2.05, 4.69) is 42.5 Å². The average Bonchev–Trinajstić information content (AvgIpc) is 3.28. The fourth-order valence-corrected chi connectivity index (χ4v) is 8.90. The van der Waals surface area contributed by atoms with Crippen molar-refractivity contribution in [2.45, 2.75) is 6.92 Å². The maximum Gasteiger partial charge on any atom is 0.362 e. The Hall–Kier alpha value is -5.53. The van der Waals surface area contributed by atoms with Crippen LogP contribution in [-0.2, 0) is 4.74 Å². The quantitative estimate of drug-likeness (QED) is 0.0392. The van der Waals surface area contributed by atoms with Crippen molar-refractivity contribution in [2.24, 2.45) is 0 Å². The van der Waals surface area contributed by atoms with Crippen molar-refractivity contribution in [1.82, 2.24) is 0 Å². The molecule has 0 N–H and O–H groups in total. The van der Waals surface area contributed by atoms with Gasteiger partial charge in [0, 0.05) is 6.61 Å². The van der Waals surface area contributed by atoms with E-state index < -0.39 is 144 Å². The normalized spacial score (nSPS) is 11.5. The van der Waals surface area contributed by atoms with E-state index in [9.17, 15) is 52.7 Å². The first-order valence-corrected chi connectivity index (χ1v) is 19.5. The largest absolute Gasteiger partial charge is 0.486 e. The third-order valence-electron chi connectivity index (χ3n) is 9.18. The molecule has 0 fully saturated rings. The van der Waals surface area contributed by atoms with Gasteiger partial charge in [-0.15, -0.1) is 21.9 Å². The van der Waals surface area contributed by atoms with Crippen molar-refractivity contribution in [3.63, 3.8) is 0 Å². The van der Waals surface area contributed by atoms with E-state index in [1.165, 1.54) is 7.14 Å². The minimum absolute atomic E-state index is 0.185. The molecule has 2 nitrogen and oxygen atoms in total. The molecular formula is C40H18BF20IO2. The molecule has 0 heterocycles. The maximum absolute atomic E-state index is 15.4. The number of benzene rings is 6. The Labute approximate surface area is 356 Å². The summed E-state index contributed by atoms with van der Waals surface area (Å²) in [6.07, 6.45) is -7.22. The fourth-order valence-electron chi connectivity index (χ4n) is 6.46. The Morgan fingerprint density at radius 2 is 0.641 bits per heavy atom. The predicted octanol–water partition coefficient (Wildman–Crippen LogP) is 6.08. The van der Waals surface area contributed by atoms with Gasteiger partial charge in [-0.05, 0) is 31.2 Å². The summed E-state index contributed by atoms with van der Waals surface area (Å²) < 4.78 is 308. The topological polar surface area (TPSA) is 18.5 Å². The maximum atomic E-state index is 15.4. The lowest BCUT2D eigenvalue weighted by atomic mass is 9.12. The molecule has 0 aliphatic heterocycles. The molecule has 0 saturated carbocycles. The molecule has 0 saturated heterocycles. The minimum Gasteiger partial charge on any atom is -0.486 e. The predicted molar refractivity (Wildman–Crippen MR) is 181 cm³/mol. The van der Waals surface area contributed by atoms with Crippen molar-refractivity contribution in [1.29, 1.82) is 0 Å². The van der Waals surface area contributed by atoms with E-state index in [4.69, 9.17) is 9.47 Å². The summed E-state index contributed by atoms with van der Waals surface area (Å²) in [6.45, 7) is 3.99. The summed E-state index contributed by atoms with van der Waals surface area (Å²) in [6, 6.07) is 18.9. The molecule has 0 aliphatic rings. The monoisotopic (exact) mass is 1050 g/mol. The first kappa shape index (κ1) is 49.5. The molecule has 340 valence electrons. The summed E-state index contributed by atoms with van der Waals surface area (Å²) in [5, 5.41) is 0. The SMILES string of the molecule is CCOCCOc1ccccc1[I+]c1ccccc1.Fc1c(F)c(F)c([B-](c2c(F)c(F)c(F)c(F)c2F)(c2c(F)c(F)c(F)c(F)c2F)c2c(F)c(F)c(F)c(F)c2F)c(F)c1F. The van der Waals surface area contributed by atoms with Gasteiger partial charge in [0.15, 0.2) is 79.1 Å². The molecule has 0 radical (unpaired) electrons. The number of halogens is 21. The molecule has 24 heteroatoms. The van der Waals surface area contributed by atoms with Crippen LogP contribution in [-0.4, -0.2) is 26.0 Å². The van der Waals surface area contributed by atoms with Crippen molar-refractivity contribution >= 4 is 28.0 Å². The van der Waals surface area contributed by atoms with Gasteiger partial charge in [-0.1, -0.05) is 30.3 Å². The Kier molecular flexibility index (Phi) is 15.2. The van der Waals surface area contributed by atoms with Crippen LogP contribution in [0.1, 0.15) is 6.92 Å². The first-order chi connectivity index (χ1) is 30.1. The van der Waals surface area contributed by atoms with Gasteiger partial charge in [0.2, 0.25) is 3.57 Å². The number of hydrogen-bond acceptors (Lipinski definition) is 2. The molecule has 64 heavy (non-hydrogen) atoms. The lowest BCUT2D eigenvalue weighted by molar-refractivity contribution is -0.598. The summed E-state index contributed by atoms with van der Waals surface area (Å²) in [5.74, 6) is -70.4. The zero-order valence-electron chi connectivity index (χ0n) is 31.1. The highest BCUT2D eigenvalue weighted by Gasteiger charge is 2.52. The number of ether oxygens (including phenoxy) is 2. The summed E-state index contributed by atoms with van der Waals surface area (Å²) in [4.78, 5) is 0. The minimum atomic E-state index is -7.22. The Balaban J connectivity index is 0.000000337. The van der Waals surface area contributed by atoms with E-state index in [0.717, 1.165) is 12.4 Å². The molecule has 6 aromatic rings. The lowest BCUT2D eigenvalue weighted by Gasteiger charge is -2.44. The smallest absolute Gasteiger partial charge is 0.362 e. The van der Waals surface area contributed by atoms with Gasteiger partial charge in [0.1, 0.15) is 59.3 Å². The zero-order valence-corrected chi connectivity index (χ0v) is 33.3. The Bertz CT molecular complexity index is 2370. The number of hydrogen-bond donors (Lipinski definition) is 0. The molecule has 0 aliphatic carbocycles. The van der Waals surface area contributed by atoms with Crippen LogP contribution >= 0.6 is 0 Å². The molecule has 0 spiro atoms. The van der Waals surface area contributed by atoms with Gasteiger partial charge in [-0.2, -0.15) is 0 Å². The average molecular weight is 1050 g/mol. The van der Waals surface area contributed by atoms with Gasteiger partial charge in [0.25, 0.3) is 0 Å². The number of rotatable bonds is 11. The van der Waals surface area contributed by atoms with Crippen molar-refractivity contribution in [3.8, 4) is 5.75 Å². The fraction of sp³-hybridized carbons (Fsp3) is 0.100. The van der Waals surface area contributed by atoms with E-state index in [0.29, 0.717) is 13.2 Å². The van der Waals surface area contributed by atoms with E-state index in [1.807, 2.05) is 19.1 Å². The van der Waals surface area contributed by atoms with Crippen LogP contribution in [0.2, 0.25) is 0 Å². The third-order valence-corrected chi connectivity index (χ3v) is 12.0. The van der Waals surface area contributed by atoms with Gasteiger partial charge in [-0.25, -0.2) is 87.8 Å². The van der Waals surface area contributed by atoms with E-state index in [1.54, 1.807) is 0 Å². The highest BCUT2D eigenvalue weighted by molar-refractivity contribution is 7.20. The third kappa shape index (κ3) is 8.44. The first-order valence-electron chi connectivity index (χ1n) is 17.3. The van der Waals surface area contributed by atoms with Crippen molar-refractivity contribution in [3.05, 3.63) is 178 Å². The van der Waals surface area contributed by atoms with Crippen LogP contribution in [0, 0.1) is 123 Å². The van der Waals surface area contributed by atoms with Crippen LogP contribution < -0.4 is 47.8 Å². The summed E-state index contributed by atoms with van der Waals surface area (Å²) in [7, 11) is 0. The molecule has 0 bridgehead atoms.